The van der Waals surface area contributed by atoms with Crippen molar-refractivity contribution in [1.29, 1.82) is 0 Å². The first-order valence-corrected chi connectivity index (χ1v) is 6.35. The van der Waals surface area contributed by atoms with E-state index in [-0.39, 0.29) is 0 Å². The summed E-state index contributed by atoms with van der Waals surface area (Å²) in [5, 5.41) is 7.20. The van der Waals surface area contributed by atoms with Crippen molar-refractivity contribution in [2.24, 2.45) is 0 Å². The van der Waals surface area contributed by atoms with E-state index in [9.17, 15) is 0 Å². The molecule has 98 valence electrons. The van der Waals surface area contributed by atoms with Crippen LogP contribution < -0.4 is 5.32 Å². The number of hydrogen-bond acceptors (Lipinski definition) is 5. The Bertz CT molecular complexity index is 300. The lowest BCUT2D eigenvalue weighted by atomic mass is 10.3. The predicted molar refractivity (Wildman–Crippen MR) is 65.7 cm³/mol. The number of nitrogens with zero attached hydrogens (tertiary/aromatic N) is 2. The fourth-order valence-corrected chi connectivity index (χ4v) is 1.40. The average molecular weight is 241 g/mol. The van der Waals surface area contributed by atoms with Crippen molar-refractivity contribution in [1.82, 2.24) is 15.5 Å². The van der Waals surface area contributed by atoms with E-state index in [1.807, 2.05) is 0 Å². The maximum absolute atomic E-state index is 5.46. The molecule has 5 heteroatoms. The van der Waals surface area contributed by atoms with Crippen LogP contribution >= 0.6 is 0 Å². The second-order valence-corrected chi connectivity index (χ2v) is 4.37. The van der Waals surface area contributed by atoms with Crippen LogP contribution in [-0.2, 0) is 17.8 Å². The van der Waals surface area contributed by atoms with Gasteiger partial charge in [-0.15, -0.1) is 0 Å². The third-order valence-electron chi connectivity index (χ3n) is 2.23. The zero-order valence-corrected chi connectivity index (χ0v) is 11.0. The molecule has 0 bridgehead atoms. The lowest BCUT2D eigenvalue weighted by Crippen LogP contribution is -2.24. The Morgan fingerprint density at radius 2 is 2.24 bits per heavy atom. The molecule has 1 heterocycles. The molecule has 0 aliphatic rings. The minimum absolute atomic E-state index is 0.415. The third kappa shape index (κ3) is 6.38. The van der Waals surface area contributed by atoms with E-state index in [0.717, 1.165) is 31.6 Å². The molecule has 0 radical (unpaired) electrons. The number of rotatable bonds is 9. The molecular weight excluding hydrogens is 218 g/mol. The summed E-state index contributed by atoms with van der Waals surface area (Å²) in [6.07, 6.45) is 2.89. The standard InChI is InChI=1S/C12H23N3O2/c1-4-6-11-14-12(17-15-11)9-16-8-5-7-13-10(2)3/h10,13H,4-9H2,1-3H3. The summed E-state index contributed by atoms with van der Waals surface area (Å²) in [6.45, 7) is 8.46. The Morgan fingerprint density at radius 1 is 1.41 bits per heavy atom. The van der Waals surface area contributed by atoms with Crippen LogP contribution in [0.15, 0.2) is 4.52 Å². The molecule has 0 aliphatic carbocycles. The van der Waals surface area contributed by atoms with Crippen LogP contribution in [0.4, 0.5) is 0 Å². The monoisotopic (exact) mass is 241 g/mol. The lowest BCUT2D eigenvalue weighted by molar-refractivity contribution is 0.0954. The fraction of sp³-hybridized carbons (Fsp3) is 0.833. The Labute approximate surface area is 103 Å². The molecule has 0 saturated carbocycles. The zero-order chi connectivity index (χ0) is 12.5. The summed E-state index contributed by atoms with van der Waals surface area (Å²) in [7, 11) is 0. The molecule has 0 fully saturated rings. The van der Waals surface area contributed by atoms with Gasteiger partial charge in [0, 0.05) is 19.1 Å². The van der Waals surface area contributed by atoms with Crippen molar-refractivity contribution in [2.75, 3.05) is 13.2 Å². The second-order valence-electron chi connectivity index (χ2n) is 4.37. The molecule has 0 saturated heterocycles. The van der Waals surface area contributed by atoms with Gasteiger partial charge in [0.05, 0.1) is 0 Å². The molecule has 0 atom stereocenters. The van der Waals surface area contributed by atoms with Gasteiger partial charge in [0.25, 0.3) is 5.89 Å². The minimum Gasteiger partial charge on any atom is -0.372 e. The van der Waals surface area contributed by atoms with Gasteiger partial charge >= 0.3 is 0 Å². The summed E-state index contributed by atoms with van der Waals surface area (Å²) in [4.78, 5) is 4.23. The van der Waals surface area contributed by atoms with Crippen molar-refractivity contribution in [3.8, 4) is 0 Å². The van der Waals surface area contributed by atoms with Gasteiger partial charge in [-0.25, -0.2) is 0 Å². The van der Waals surface area contributed by atoms with Crippen LogP contribution in [0, 0.1) is 0 Å². The Morgan fingerprint density at radius 3 is 2.94 bits per heavy atom. The van der Waals surface area contributed by atoms with Crippen LogP contribution in [0.2, 0.25) is 0 Å². The summed E-state index contributed by atoms with van der Waals surface area (Å²) in [5.74, 6) is 1.35. The lowest BCUT2D eigenvalue weighted by Gasteiger charge is -2.07. The number of nitrogens with one attached hydrogen (secondary N) is 1. The maximum Gasteiger partial charge on any atom is 0.252 e. The van der Waals surface area contributed by atoms with E-state index >= 15 is 0 Å². The zero-order valence-electron chi connectivity index (χ0n) is 11.0. The van der Waals surface area contributed by atoms with E-state index in [2.05, 4.69) is 36.2 Å². The van der Waals surface area contributed by atoms with Gasteiger partial charge in [0.15, 0.2) is 5.82 Å². The van der Waals surface area contributed by atoms with Gasteiger partial charge in [0.2, 0.25) is 0 Å². The normalized spacial score (nSPS) is 11.3. The van der Waals surface area contributed by atoms with Crippen LogP contribution in [0.3, 0.4) is 0 Å². The summed E-state index contributed by atoms with van der Waals surface area (Å²) >= 11 is 0. The SMILES string of the molecule is CCCc1noc(COCCCNC(C)C)n1. The predicted octanol–water partition coefficient (Wildman–Crippen LogP) is 1.93. The number of aryl methyl sites for hydroxylation is 1. The van der Waals surface area contributed by atoms with Crippen molar-refractivity contribution in [2.45, 2.75) is 52.7 Å². The van der Waals surface area contributed by atoms with Crippen LogP contribution in [-0.4, -0.2) is 29.3 Å². The van der Waals surface area contributed by atoms with Crippen LogP contribution in [0.25, 0.3) is 0 Å². The maximum atomic E-state index is 5.46. The van der Waals surface area contributed by atoms with E-state index in [1.165, 1.54) is 0 Å². The first-order valence-electron chi connectivity index (χ1n) is 6.35. The van der Waals surface area contributed by atoms with Gasteiger partial charge in [-0.3, -0.25) is 0 Å². The largest absolute Gasteiger partial charge is 0.372 e. The highest BCUT2D eigenvalue weighted by atomic mass is 16.5. The Balaban J connectivity index is 2.05. The summed E-state index contributed by atoms with van der Waals surface area (Å²) < 4.78 is 10.5. The molecule has 0 spiro atoms. The van der Waals surface area contributed by atoms with E-state index in [1.54, 1.807) is 0 Å². The number of ether oxygens (including phenoxy) is 1. The second kappa shape index (κ2) is 8.20. The molecule has 1 aromatic rings. The first-order chi connectivity index (χ1) is 8.22. The van der Waals surface area contributed by atoms with E-state index in [4.69, 9.17) is 9.26 Å². The van der Waals surface area contributed by atoms with Gasteiger partial charge < -0.3 is 14.6 Å². The van der Waals surface area contributed by atoms with Crippen molar-refractivity contribution < 1.29 is 9.26 Å². The van der Waals surface area contributed by atoms with Crippen molar-refractivity contribution >= 4 is 0 Å². The molecule has 0 aromatic carbocycles. The van der Waals surface area contributed by atoms with Crippen molar-refractivity contribution in [3.63, 3.8) is 0 Å². The quantitative estimate of drug-likeness (QED) is 0.669. The molecule has 5 nitrogen and oxygen atoms in total. The van der Waals surface area contributed by atoms with Gasteiger partial charge in [-0.2, -0.15) is 4.98 Å². The Kier molecular flexibility index (Phi) is 6.81. The molecule has 0 aliphatic heterocycles. The van der Waals surface area contributed by atoms with Crippen LogP contribution in [0.5, 0.6) is 0 Å². The van der Waals surface area contributed by atoms with Gasteiger partial charge in [-0.05, 0) is 19.4 Å². The molecular formula is C12H23N3O2. The van der Waals surface area contributed by atoms with E-state index < -0.39 is 0 Å². The van der Waals surface area contributed by atoms with E-state index in [0.29, 0.717) is 25.1 Å². The summed E-state index contributed by atoms with van der Waals surface area (Å²) in [5.41, 5.74) is 0. The highest BCUT2D eigenvalue weighted by Gasteiger charge is 2.04. The molecule has 0 unspecified atom stereocenters. The summed E-state index contributed by atoms with van der Waals surface area (Å²) in [6, 6.07) is 0.530. The van der Waals surface area contributed by atoms with Crippen LogP contribution in [0.1, 0.15) is 45.3 Å². The fourth-order valence-electron chi connectivity index (χ4n) is 1.40. The number of hydrogen-bond donors (Lipinski definition) is 1. The first kappa shape index (κ1) is 14.1. The highest BCUT2D eigenvalue weighted by molar-refractivity contribution is 4.84. The minimum atomic E-state index is 0.415. The molecule has 1 aromatic heterocycles. The van der Waals surface area contributed by atoms with Gasteiger partial charge in [0.1, 0.15) is 6.61 Å². The highest BCUT2D eigenvalue weighted by Crippen LogP contribution is 2.01. The molecule has 1 N–H and O–H groups in total. The smallest absolute Gasteiger partial charge is 0.252 e. The molecule has 1 rings (SSSR count). The third-order valence-corrected chi connectivity index (χ3v) is 2.23. The molecule has 17 heavy (non-hydrogen) atoms. The van der Waals surface area contributed by atoms with Gasteiger partial charge in [-0.1, -0.05) is 25.9 Å². The van der Waals surface area contributed by atoms with Crippen molar-refractivity contribution in [3.05, 3.63) is 11.7 Å². The topological polar surface area (TPSA) is 60.2 Å². The number of aromatic nitrogens is 2. The Hall–Kier alpha value is -0.940. The molecule has 0 amide bonds. The average Bonchev–Trinajstić information content (AvgIpc) is 2.71.